The number of aliphatic carboxylic acids is 1. The molecule has 3 nitrogen and oxygen atoms in total. The third-order valence-electron chi connectivity index (χ3n) is 7.79. The summed E-state index contributed by atoms with van der Waals surface area (Å²) >= 11 is 0. The number of phenolic OH excluding ortho intramolecular Hbond substituents is 1. The fourth-order valence-corrected chi connectivity index (χ4v) is 6.60. The largest absolute Gasteiger partial charge is 0.508 e. The van der Waals surface area contributed by atoms with Crippen LogP contribution in [0.25, 0.3) is 0 Å². The summed E-state index contributed by atoms with van der Waals surface area (Å²) in [6.07, 6.45) is 4.01. The van der Waals surface area contributed by atoms with Crippen molar-refractivity contribution in [3.05, 3.63) is 29.3 Å². The molecule has 0 saturated heterocycles. The van der Waals surface area contributed by atoms with Crippen molar-refractivity contribution in [3.63, 3.8) is 0 Å². The highest BCUT2D eigenvalue weighted by Crippen LogP contribution is 2.68. The van der Waals surface area contributed by atoms with Gasteiger partial charge in [-0.1, -0.05) is 13.0 Å². The van der Waals surface area contributed by atoms with Gasteiger partial charge in [0.2, 0.25) is 0 Å². The van der Waals surface area contributed by atoms with Crippen LogP contribution < -0.4 is 0 Å². The summed E-state index contributed by atoms with van der Waals surface area (Å²) in [5.41, 5.74) is 1.41. The summed E-state index contributed by atoms with van der Waals surface area (Å²) in [5, 5.41) is 18.7. The Morgan fingerprint density at radius 3 is 2.81 bits per heavy atom. The van der Waals surface area contributed by atoms with E-state index in [0.29, 0.717) is 19.3 Å². The summed E-state index contributed by atoms with van der Waals surface area (Å²) < 4.78 is 30.1. The third-order valence-corrected chi connectivity index (χ3v) is 7.79. The molecule has 5 atom stereocenters. The van der Waals surface area contributed by atoms with Gasteiger partial charge in [0.25, 0.3) is 5.92 Å². The van der Waals surface area contributed by atoms with Crippen LogP contribution in [-0.2, 0) is 11.2 Å². The van der Waals surface area contributed by atoms with Crippen molar-refractivity contribution < 1.29 is 23.8 Å². The van der Waals surface area contributed by atoms with E-state index in [-0.39, 0.29) is 42.3 Å². The van der Waals surface area contributed by atoms with E-state index in [4.69, 9.17) is 5.11 Å². The molecule has 3 aliphatic carbocycles. The Bertz CT molecular complexity index is 747. The number of aromatic hydroxyl groups is 1. The molecule has 4 rings (SSSR count). The van der Waals surface area contributed by atoms with E-state index in [0.717, 1.165) is 24.8 Å². The Labute approximate surface area is 158 Å². The number of carboxylic acids is 1. The lowest BCUT2D eigenvalue weighted by molar-refractivity contribution is -0.137. The monoisotopic (exact) mass is 378 g/mol. The van der Waals surface area contributed by atoms with Crippen molar-refractivity contribution >= 4 is 5.97 Å². The Kier molecular flexibility index (Phi) is 4.47. The highest BCUT2D eigenvalue weighted by atomic mass is 19.3. The van der Waals surface area contributed by atoms with Crippen LogP contribution in [0.1, 0.15) is 68.9 Å². The number of benzene rings is 1. The van der Waals surface area contributed by atoms with Crippen molar-refractivity contribution in [2.75, 3.05) is 0 Å². The van der Waals surface area contributed by atoms with Crippen LogP contribution in [0.4, 0.5) is 8.78 Å². The lowest BCUT2D eigenvalue weighted by Gasteiger charge is -2.51. The molecule has 27 heavy (non-hydrogen) atoms. The van der Waals surface area contributed by atoms with Crippen molar-refractivity contribution in [2.45, 2.75) is 70.1 Å². The zero-order valence-electron chi connectivity index (χ0n) is 15.8. The average molecular weight is 378 g/mol. The molecule has 3 aliphatic rings. The number of halogens is 2. The van der Waals surface area contributed by atoms with E-state index >= 15 is 8.78 Å². The number of carboxylic acid groups (broad SMARTS) is 1. The third kappa shape index (κ3) is 2.94. The van der Waals surface area contributed by atoms with Gasteiger partial charge >= 0.3 is 5.97 Å². The van der Waals surface area contributed by atoms with Gasteiger partial charge in [-0.05, 0) is 85.5 Å². The summed E-state index contributed by atoms with van der Waals surface area (Å²) in [6, 6.07) is 5.52. The topological polar surface area (TPSA) is 57.5 Å². The second-order valence-electron chi connectivity index (χ2n) is 9.13. The minimum absolute atomic E-state index is 0.0537. The van der Waals surface area contributed by atoms with E-state index < -0.39 is 17.3 Å². The van der Waals surface area contributed by atoms with Crippen molar-refractivity contribution in [3.8, 4) is 5.75 Å². The van der Waals surface area contributed by atoms with Crippen LogP contribution in [0.2, 0.25) is 0 Å². The van der Waals surface area contributed by atoms with Gasteiger partial charge in [-0.2, -0.15) is 0 Å². The number of alkyl halides is 2. The summed E-state index contributed by atoms with van der Waals surface area (Å²) in [5.74, 6) is -2.90. The fraction of sp³-hybridized carbons (Fsp3) is 0.682. The molecule has 1 aromatic rings. The van der Waals surface area contributed by atoms with Gasteiger partial charge in [-0.15, -0.1) is 0 Å². The maximum atomic E-state index is 15.1. The first-order valence-electron chi connectivity index (χ1n) is 10.1. The smallest absolute Gasteiger partial charge is 0.303 e. The lowest BCUT2D eigenvalue weighted by Crippen LogP contribution is -2.47. The molecule has 0 radical (unpaired) electrons. The van der Waals surface area contributed by atoms with Gasteiger partial charge in [0.05, 0.1) is 0 Å². The Morgan fingerprint density at radius 1 is 1.30 bits per heavy atom. The van der Waals surface area contributed by atoms with Crippen LogP contribution in [-0.4, -0.2) is 22.1 Å². The Morgan fingerprint density at radius 2 is 2.07 bits per heavy atom. The summed E-state index contributed by atoms with van der Waals surface area (Å²) in [6.45, 7) is 1.78. The van der Waals surface area contributed by atoms with Gasteiger partial charge < -0.3 is 10.2 Å². The zero-order valence-corrected chi connectivity index (χ0v) is 15.8. The SMILES string of the molecule is C[C@]12CCC3c4ccc(O)cc4CCC3C1[C@@H](CCCC(=O)O)CC2(F)F. The second kappa shape index (κ2) is 6.46. The Hall–Kier alpha value is -1.65. The number of hydrogen-bond donors (Lipinski definition) is 2. The molecule has 148 valence electrons. The summed E-state index contributed by atoms with van der Waals surface area (Å²) in [4.78, 5) is 10.9. The van der Waals surface area contributed by atoms with Gasteiger partial charge in [-0.25, -0.2) is 8.78 Å². The predicted octanol–water partition coefficient (Wildman–Crippen LogP) is 5.36. The van der Waals surface area contributed by atoms with Gasteiger partial charge in [0, 0.05) is 18.3 Å². The molecular formula is C22H28F2O3. The normalized spacial score (nSPS) is 36.6. The van der Waals surface area contributed by atoms with Gasteiger partial charge in [-0.3, -0.25) is 4.79 Å². The van der Waals surface area contributed by atoms with E-state index in [1.807, 2.05) is 12.1 Å². The number of carbonyl (C=O) groups is 1. The lowest BCUT2D eigenvalue weighted by atomic mass is 9.53. The number of rotatable bonds is 4. The molecule has 0 spiro atoms. The molecular weight excluding hydrogens is 350 g/mol. The van der Waals surface area contributed by atoms with E-state index in [1.54, 1.807) is 13.0 Å². The maximum Gasteiger partial charge on any atom is 0.303 e. The Balaban J connectivity index is 1.64. The molecule has 1 aromatic carbocycles. The maximum absolute atomic E-state index is 15.1. The molecule has 0 aliphatic heterocycles. The minimum atomic E-state index is -2.67. The average Bonchev–Trinajstić information content (AvgIpc) is 2.80. The zero-order chi connectivity index (χ0) is 19.4. The molecule has 2 saturated carbocycles. The van der Waals surface area contributed by atoms with Crippen LogP contribution >= 0.6 is 0 Å². The predicted molar refractivity (Wildman–Crippen MR) is 98.0 cm³/mol. The van der Waals surface area contributed by atoms with Gasteiger partial charge in [0.15, 0.2) is 0 Å². The van der Waals surface area contributed by atoms with Crippen LogP contribution in [0.5, 0.6) is 5.75 Å². The summed E-state index contributed by atoms with van der Waals surface area (Å²) in [7, 11) is 0. The van der Waals surface area contributed by atoms with Crippen LogP contribution in [0.3, 0.4) is 0 Å². The molecule has 3 unspecified atom stereocenters. The second-order valence-corrected chi connectivity index (χ2v) is 9.13. The van der Waals surface area contributed by atoms with Gasteiger partial charge in [0.1, 0.15) is 5.75 Å². The van der Waals surface area contributed by atoms with E-state index in [2.05, 4.69) is 0 Å². The molecule has 5 heteroatoms. The quantitative estimate of drug-likeness (QED) is 0.741. The molecule has 0 heterocycles. The highest BCUT2D eigenvalue weighted by molar-refractivity contribution is 5.66. The van der Waals surface area contributed by atoms with Crippen molar-refractivity contribution in [1.29, 1.82) is 0 Å². The fourth-order valence-electron chi connectivity index (χ4n) is 6.60. The first kappa shape index (κ1) is 18.7. The molecule has 2 fully saturated rings. The number of hydrogen-bond acceptors (Lipinski definition) is 2. The van der Waals surface area contributed by atoms with Crippen molar-refractivity contribution in [1.82, 2.24) is 0 Å². The van der Waals surface area contributed by atoms with E-state index in [9.17, 15) is 9.90 Å². The number of fused-ring (bicyclic) bond motifs is 5. The first-order chi connectivity index (χ1) is 12.7. The number of aryl methyl sites for hydroxylation is 1. The highest BCUT2D eigenvalue weighted by Gasteiger charge is 2.67. The first-order valence-corrected chi connectivity index (χ1v) is 10.1. The standard InChI is InChI=1S/C22H28F2O3/c1-21-10-9-17-16-8-6-15(25)11-13(16)5-7-18(17)20(21)14(12-22(21,23)24)3-2-4-19(26)27/h6,8,11,14,17-18,20,25H,2-5,7,9-10,12H2,1H3,(H,26,27)/t14-,17?,18?,20?,21-/m0/s1. The van der Waals surface area contributed by atoms with Crippen LogP contribution in [0.15, 0.2) is 18.2 Å². The van der Waals surface area contributed by atoms with Crippen LogP contribution in [0, 0.1) is 23.2 Å². The van der Waals surface area contributed by atoms with Crippen molar-refractivity contribution in [2.24, 2.45) is 23.2 Å². The molecule has 0 bridgehead atoms. The molecule has 2 N–H and O–H groups in total. The molecule has 0 aromatic heterocycles. The minimum Gasteiger partial charge on any atom is -0.508 e. The molecule has 0 amide bonds. The number of phenols is 1. The van der Waals surface area contributed by atoms with E-state index in [1.165, 1.54) is 5.56 Å².